The van der Waals surface area contributed by atoms with Crippen molar-refractivity contribution in [2.75, 3.05) is 12.4 Å². The van der Waals surface area contributed by atoms with Gasteiger partial charge in [0.05, 0.1) is 30.1 Å². The van der Waals surface area contributed by atoms with E-state index in [1.165, 1.54) is 5.56 Å². The van der Waals surface area contributed by atoms with E-state index in [0.717, 1.165) is 47.7 Å². The molecule has 5 heteroatoms. The summed E-state index contributed by atoms with van der Waals surface area (Å²) in [5.74, 6) is 0.674. The number of aromatic nitrogens is 2. The number of nitrogens with one attached hydrogen (secondary N) is 2. The van der Waals surface area contributed by atoms with Crippen LogP contribution in [-0.4, -0.2) is 23.2 Å². The zero-order valence-electron chi connectivity index (χ0n) is 16.7. The topological polar surface area (TPSA) is 67.0 Å². The summed E-state index contributed by atoms with van der Waals surface area (Å²) in [7, 11) is 1.66. The molecule has 3 aromatic rings. The molecule has 0 bridgehead atoms. The minimum absolute atomic E-state index is 0.00361. The van der Waals surface area contributed by atoms with Crippen molar-refractivity contribution < 1.29 is 9.53 Å². The van der Waals surface area contributed by atoms with Crippen molar-refractivity contribution in [1.82, 2.24) is 10.2 Å². The molecule has 1 amide bonds. The van der Waals surface area contributed by atoms with Gasteiger partial charge in [-0.25, -0.2) is 0 Å². The first kappa shape index (κ1) is 19.7. The van der Waals surface area contributed by atoms with Gasteiger partial charge in [-0.15, -0.1) is 0 Å². The number of aryl methyl sites for hydroxylation is 3. The van der Waals surface area contributed by atoms with E-state index in [2.05, 4.69) is 27.6 Å². The van der Waals surface area contributed by atoms with Crippen molar-refractivity contribution >= 4 is 11.6 Å². The first-order chi connectivity index (χ1) is 13.6. The van der Waals surface area contributed by atoms with Crippen LogP contribution in [0.3, 0.4) is 0 Å². The van der Waals surface area contributed by atoms with E-state index in [4.69, 9.17) is 4.74 Å². The zero-order valence-corrected chi connectivity index (χ0v) is 16.7. The zero-order chi connectivity index (χ0) is 19.9. The van der Waals surface area contributed by atoms with Gasteiger partial charge in [0.15, 0.2) is 0 Å². The maximum Gasteiger partial charge on any atom is 0.232 e. The summed E-state index contributed by atoms with van der Waals surface area (Å²) in [5, 5.41) is 10.5. The molecule has 3 rings (SSSR count). The van der Waals surface area contributed by atoms with Crippen LogP contribution in [0.25, 0.3) is 0 Å². The van der Waals surface area contributed by atoms with Gasteiger partial charge in [-0.05, 0) is 49.4 Å². The number of anilines is 1. The summed E-state index contributed by atoms with van der Waals surface area (Å²) in [6, 6.07) is 17.9. The molecule has 0 radical (unpaired) electrons. The third kappa shape index (κ3) is 4.60. The number of ether oxygens (including phenoxy) is 1. The van der Waals surface area contributed by atoms with E-state index in [0.29, 0.717) is 0 Å². The van der Waals surface area contributed by atoms with Gasteiger partial charge in [0.1, 0.15) is 5.75 Å². The lowest BCUT2D eigenvalue weighted by atomic mass is 9.95. The number of hydrogen-bond donors (Lipinski definition) is 2. The molecule has 1 atom stereocenters. The Bertz CT molecular complexity index is 901. The molecule has 0 aliphatic heterocycles. The number of nitrogens with zero attached hydrogens (tertiary/aromatic N) is 1. The molecule has 1 heterocycles. The Kier molecular flexibility index (Phi) is 6.48. The summed E-state index contributed by atoms with van der Waals surface area (Å²) in [6.07, 6.45) is 2.33. The molecule has 2 N–H and O–H groups in total. The number of H-pyrrole nitrogens is 1. The van der Waals surface area contributed by atoms with Crippen LogP contribution in [0.5, 0.6) is 5.75 Å². The fraction of sp³-hybridized carbons (Fsp3) is 0.304. The van der Waals surface area contributed by atoms with E-state index in [-0.39, 0.29) is 11.8 Å². The highest BCUT2D eigenvalue weighted by atomic mass is 16.5. The molecular formula is C23H27N3O2. The van der Waals surface area contributed by atoms with Gasteiger partial charge in [-0.2, -0.15) is 5.10 Å². The highest BCUT2D eigenvalue weighted by Crippen LogP contribution is 2.25. The summed E-state index contributed by atoms with van der Waals surface area (Å²) >= 11 is 0. The minimum atomic E-state index is -0.176. The molecule has 0 fully saturated rings. The Balaban J connectivity index is 1.70. The van der Waals surface area contributed by atoms with Gasteiger partial charge < -0.3 is 10.1 Å². The molecule has 1 aromatic heterocycles. The van der Waals surface area contributed by atoms with Gasteiger partial charge in [-0.1, -0.05) is 49.4 Å². The largest absolute Gasteiger partial charge is 0.497 e. The third-order valence-corrected chi connectivity index (χ3v) is 5.01. The van der Waals surface area contributed by atoms with E-state index in [9.17, 15) is 4.79 Å². The van der Waals surface area contributed by atoms with Crippen LogP contribution < -0.4 is 10.1 Å². The normalized spacial score (nSPS) is 11.8. The maximum atomic E-state index is 12.9. The molecule has 0 saturated heterocycles. The Hall–Kier alpha value is -3.08. The molecule has 0 aliphatic carbocycles. The lowest BCUT2D eigenvalue weighted by Gasteiger charge is -2.16. The van der Waals surface area contributed by atoms with Crippen molar-refractivity contribution in [1.29, 1.82) is 0 Å². The van der Waals surface area contributed by atoms with Crippen LogP contribution in [0.4, 0.5) is 5.69 Å². The molecule has 146 valence electrons. The number of carbonyl (C=O) groups is 1. The number of carbonyl (C=O) groups excluding carboxylic acids is 1. The molecule has 0 aliphatic rings. The van der Waals surface area contributed by atoms with E-state index in [1.807, 2.05) is 56.3 Å². The number of methoxy groups -OCH3 is 1. The van der Waals surface area contributed by atoms with Gasteiger partial charge >= 0.3 is 0 Å². The fourth-order valence-corrected chi connectivity index (χ4v) is 3.35. The predicted octanol–water partition coefficient (Wildman–Crippen LogP) is 4.64. The first-order valence-corrected chi connectivity index (χ1v) is 9.65. The van der Waals surface area contributed by atoms with E-state index in [1.54, 1.807) is 7.11 Å². The molecule has 5 nitrogen and oxygen atoms in total. The van der Waals surface area contributed by atoms with Crippen molar-refractivity contribution in [2.45, 2.75) is 39.0 Å². The van der Waals surface area contributed by atoms with E-state index >= 15 is 0 Å². The van der Waals surface area contributed by atoms with Crippen LogP contribution in [-0.2, 0) is 17.6 Å². The summed E-state index contributed by atoms with van der Waals surface area (Å²) in [4.78, 5) is 12.9. The van der Waals surface area contributed by atoms with Gasteiger partial charge in [-0.3, -0.25) is 9.89 Å². The third-order valence-electron chi connectivity index (χ3n) is 5.01. The van der Waals surface area contributed by atoms with Gasteiger partial charge in [0, 0.05) is 0 Å². The van der Waals surface area contributed by atoms with Gasteiger partial charge in [0.2, 0.25) is 5.91 Å². The van der Waals surface area contributed by atoms with Crippen LogP contribution in [0.1, 0.15) is 41.8 Å². The molecule has 0 spiro atoms. The Morgan fingerprint density at radius 1 is 1.11 bits per heavy atom. The number of hydrogen-bond acceptors (Lipinski definition) is 3. The highest BCUT2D eigenvalue weighted by Gasteiger charge is 2.21. The Labute approximate surface area is 166 Å². The number of amides is 1. The molecule has 1 unspecified atom stereocenters. The Morgan fingerprint density at radius 3 is 2.46 bits per heavy atom. The van der Waals surface area contributed by atoms with Crippen molar-refractivity contribution in [3.63, 3.8) is 0 Å². The fourth-order valence-electron chi connectivity index (χ4n) is 3.35. The van der Waals surface area contributed by atoms with Crippen LogP contribution in [0.2, 0.25) is 0 Å². The predicted molar refractivity (Wildman–Crippen MR) is 112 cm³/mol. The second-order valence-electron chi connectivity index (χ2n) is 6.88. The minimum Gasteiger partial charge on any atom is -0.497 e. The maximum absolute atomic E-state index is 12.9. The molecule has 0 saturated carbocycles. The van der Waals surface area contributed by atoms with Crippen LogP contribution >= 0.6 is 0 Å². The average Bonchev–Trinajstić information content (AvgIpc) is 3.07. The van der Waals surface area contributed by atoms with E-state index < -0.39 is 0 Å². The second-order valence-corrected chi connectivity index (χ2v) is 6.88. The molecule has 2 aromatic carbocycles. The number of aromatic amines is 1. The molecule has 28 heavy (non-hydrogen) atoms. The van der Waals surface area contributed by atoms with Crippen molar-refractivity contribution in [3.8, 4) is 5.75 Å². The SMILES string of the molecule is CCC(C(=O)Nc1c(CCc2ccc(OC)cc2)n[nH]c1C)c1ccccc1. The summed E-state index contributed by atoms with van der Waals surface area (Å²) in [5.41, 5.74) is 4.79. The molecular weight excluding hydrogens is 350 g/mol. The highest BCUT2D eigenvalue weighted by molar-refractivity contribution is 5.96. The quantitative estimate of drug-likeness (QED) is 0.601. The number of benzene rings is 2. The monoisotopic (exact) mass is 377 g/mol. The lowest BCUT2D eigenvalue weighted by Crippen LogP contribution is -2.21. The standard InChI is InChI=1S/C23H27N3O2/c1-4-20(18-8-6-5-7-9-18)23(27)24-22-16(2)25-26-21(22)15-12-17-10-13-19(28-3)14-11-17/h5-11,13-14,20H,4,12,15H2,1-3H3,(H,24,27)(H,25,26). The summed E-state index contributed by atoms with van der Waals surface area (Å²) in [6.45, 7) is 3.97. The van der Waals surface area contributed by atoms with Crippen molar-refractivity contribution in [2.24, 2.45) is 0 Å². The van der Waals surface area contributed by atoms with Crippen LogP contribution in [0.15, 0.2) is 54.6 Å². The number of rotatable bonds is 8. The second kappa shape index (κ2) is 9.22. The Morgan fingerprint density at radius 2 is 1.82 bits per heavy atom. The van der Waals surface area contributed by atoms with Crippen LogP contribution in [0, 0.1) is 6.92 Å². The lowest BCUT2D eigenvalue weighted by molar-refractivity contribution is -0.117. The smallest absolute Gasteiger partial charge is 0.232 e. The summed E-state index contributed by atoms with van der Waals surface area (Å²) < 4.78 is 5.20. The first-order valence-electron chi connectivity index (χ1n) is 9.65. The average molecular weight is 377 g/mol. The van der Waals surface area contributed by atoms with Gasteiger partial charge in [0.25, 0.3) is 0 Å². The van der Waals surface area contributed by atoms with Crippen molar-refractivity contribution in [3.05, 3.63) is 77.1 Å².